The molecule has 1 saturated heterocycles. The third-order valence-electron chi connectivity index (χ3n) is 4.83. The molecular weight excluding hydrogens is 361 g/mol. The second kappa shape index (κ2) is 6.31. The van der Waals surface area contributed by atoms with Crippen molar-refractivity contribution in [1.29, 1.82) is 0 Å². The molecule has 27 heavy (non-hydrogen) atoms. The van der Waals surface area contributed by atoms with Crippen LogP contribution in [0, 0.1) is 0 Å². The topological polar surface area (TPSA) is 54.0 Å². The van der Waals surface area contributed by atoms with Crippen molar-refractivity contribution in [3.63, 3.8) is 0 Å². The molecule has 2 aromatic rings. The highest BCUT2D eigenvalue weighted by Crippen LogP contribution is 2.40. The van der Waals surface area contributed by atoms with E-state index in [-0.39, 0.29) is 19.0 Å². The highest BCUT2D eigenvalue weighted by atomic mass is 19.4. The van der Waals surface area contributed by atoms with Crippen molar-refractivity contribution in [3.8, 4) is 16.9 Å². The molecule has 144 valence electrons. The maximum atomic E-state index is 13.2. The number of nitrogens with zero attached hydrogens (tertiary/aromatic N) is 1. The van der Waals surface area contributed by atoms with E-state index in [2.05, 4.69) is 5.32 Å². The number of fused-ring (bicyclic) bond motifs is 1. The van der Waals surface area contributed by atoms with Crippen LogP contribution < -0.4 is 15.0 Å². The molecule has 0 bridgehead atoms. The SMILES string of the molecule is COc1cc(-c2ccc3c(c2)N(CC2(O)COC2)CN3)cc(C(F)(F)F)c1. The number of aliphatic hydroxyl groups is 1. The summed E-state index contributed by atoms with van der Waals surface area (Å²) in [5, 5.41) is 13.6. The van der Waals surface area contributed by atoms with E-state index < -0.39 is 17.3 Å². The van der Waals surface area contributed by atoms with Gasteiger partial charge in [-0.05, 0) is 41.5 Å². The fourth-order valence-electron chi connectivity index (χ4n) is 3.36. The largest absolute Gasteiger partial charge is 0.497 e. The standard InChI is InChI=1S/C19H19F3N2O3/c1-26-15-5-13(4-14(7-15)19(20,21)22)12-2-3-16-17(6-12)24(11-23-16)8-18(25)9-27-10-18/h2-7,23,25H,8-11H2,1H3. The molecule has 2 aliphatic heterocycles. The molecule has 2 aliphatic rings. The first-order valence-corrected chi connectivity index (χ1v) is 8.47. The van der Waals surface area contributed by atoms with Crippen LogP contribution in [0.4, 0.5) is 24.5 Å². The molecular formula is C19H19F3N2O3. The predicted molar refractivity (Wildman–Crippen MR) is 95.0 cm³/mol. The molecule has 2 aromatic carbocycles. The second-order valence-corrected chi connectivity index (χ2v) is 6.93. The highest BCUT2D eigenvalue weighted by molar-refractivity contribution is 5.81. The number of rotatable bonds is 4. The van der Waals surface area contributed by atoms with Gasteiger partial charge in [-0.25, -0.2) is 0 Å². The minimum Gasteiger partial charge on any atom is -0.497 e. The third-order valence-corrected chi connectivity index (χ3v) is 4.83. The van der Waals surface area contributed by atoms with Gasteiger partial charge in [-0.15, -0.1) is 0 Å². The van der Waals surface area contributed by atoms with Crippen LogP contribution >= 0.6 is 0 Å². The summed E-state index contributed by atoms with van der Waals surface area (Å²) in [5.74, 6) is 0.149. The summed E-state index contributed by atoms with van der Waals surface area (Å²) in [7, 11) is 1.34. The van der Waals surface area contributed by atoms with E-state index in [4.69, 9.17) is 9.47 Å². The molecule has 0 atom stereocenters. The van der Waals surface area contributed by atoms with Gasteiger partial charge < -0.3 is 24.8 Å². The van der Waals surface area contributed by atoms with Crippen LogP contribution in [0.25, 0.3) is 11.1 Å². The summed E-state index contributed by atoms with van der Waals surface area (Å²) in [6.45, 7) is 1.47. The van der Waals surface area contributed by atoms with E-state index in [1.54, 1.807) is 12.1 Å². The summed E-state index contributed by atoms with van der Waals surface area (Å²) in [5.41, 5.74) is 1.13. The zero-order chi connectivity index (χ0) is 19.2. The Labute approximate surface area is 154 Å². The van der Waals surface area contributed by atoms with Crippen LogP contribution in [0.2, 0.25) is 0 Å². The second-order valence-electron chi connectivity index (χ2n) is 6.93. The molecule has 5 nitrogen and oxygen atoms in total. The molecule has 2 heterocycles. The van der Waals surface area contributed by atoms with Gasteiger partial charge in [0.05, 0.1) is 50.5 Å². The summed E-state index contributed by atoms with van der Waals surface area (Å²) in [6, 6.07) is 9.11. The number of β-amino-alcohol motifs (C(OH)–C–C–N with tert-alkyl or cyclic N) is 1. The molecule has 0 unspecified atom stereocenters. The molecule has 0 aromatic heterocycles. The Hall–Kier alpha value is -2.45. The van der Waals surface area contributed by atoms with Gasteiger partial charge in [-0.3, -0.25) is 0 Å². The lowest BCUT2D eigenvalue weighted by molar-refractivity contribution is -0.171. The molecule has 0 radical (unpaired) electrons. The number of alkyl halides is 3. The Morgan fingerprint density at radius 3 is 2.59 bits per heavy atom. The van der Waals surface area contributed by atoms with E-state index >= 15 is 0 Å². The van der Waals surface area contributed by atoms with Gasteiger partial charge >= 0.3 is 6.18 Å². The van der Waals surface area contributed by atoms with Crippen LogP contribution in [-0.2, 0) is 10.9 Å². The van der Waals surface area contributed by atoms with Crippen LogP contribution in [0.3, 0.4) is 0 Å². The molecule has 0 spiro atoms. The monoisotopic (exact) mass is 380 g/mol. The minimum absolute atomic E-state index is 0.149. The average Bonchev–Trinajstić information content (AvgIpc) is 3.01. The normalized spacial score (nSPS) is 17.9. The Kier molecular flexibility index (Phi) is 4.20. The molecule has 1 fully saturated rings. The van der Waals surface area contributed by atoms with Gasteiger partial charge in [-0.1, -0.05) is 6.07 Å². The van der Waals surface area contributed by atoms with E-state index in [1.165, 1.54) is 7.11 Å². The van der Waals surface area contributed by atoms with Crippen molar-refractivity contribution in [1.82, 2.24) is 0 Å². The number of hydrogen-bond acceptors (Lipinski definition) is 5. The number of ether oxygens (including phenoxy) is 2. The third kappa shape index (κ3) is 3.42. The molecule has 4 rings (SSSR count). The van der Waals surface area contributed by atoms with Crippen molar-refractivity contribution in [2.24, 2.45) is 0 Å². The number of benzene rings is 2. The predicted octanol–water partition coefficient (Wildman–Crippen LogP) is 3.33. The first kappa shape index (κ1) is 17.9. The molecule has 0 aliphatic carbocycles. The van der Waals surface area contributed by atoms with Crippen molar-refractivity contribution in [2.45, 2.75) is 11.8 Å². The fourth-order valence-corrected chi connectivity index (χ4v) is 3.36. The number of halogens is 3. The Morgan fingerprint density at radius 2 is 1.96 bits per heavy atom. The summed E-state index contributed by atoms with van der Waals surface area (Å²) in [6.07, 6.45) is -4.46. The van der Waals surface area contributed by atoms with Gasteiger partial charge in [0.25, 0.3) is 0 Å². The minimum atomic E-state index is -4.46. The van der Waals surface area contributed by atoms with E-state index in [0.29, 0.717) is 24.3 Å². The van der Waals surface area contributed by atoms with Crippen molar-refractivity contribution in [3.05, 3.63) is 42.0 Å². The molecule has 8 heteroatoms. The van der Waals surface area contributed by atoms with Crippen LogP contribution in [0.5, 0.6) is 5.75 Å². The van der Waals surface area contributed by atoms with Gasteiger partial charge in [0, 0.05) is 0 Å². The number of nitrogens with one attached hydrogen (secondary N) is 1. The van der Waals surface area contributed by atoms with E-state index in [0.717, 1.165) is 23.5 Å². The zero-order valence-electron chi connectivity index (χ0n) is 14.6. The highest BCUT2D eigenvalue weighted by Gasteiger charge is 2.39. The summed E-state index contributed by atoms with van der Waals surface area (Å²) in [4.78, 5) is 1.96. The maximum absolute atomic E-state index is 13.2. The number of hydrogen-bond donors (Lipinski definition) is 2. The smallest absolute Gasteiger partial charge is 0.416 e. The van der Waals surface area contributed by atoms with Gasteiger partial charge in [0.1, 0.15) is 11.4 Å². The summed E-state index contributed by atoms with van der Waals surface area (Å²) >= 11 is 0. The van der Waals surface area contributed by atoms with Crippen LogP contribution in [-0.4, -0.2) is 44.2 Å². The first-order valence-electron chi connectivity index (χ1n) is 8.47. The Balaban J connectivity index is 1.70. The van der Waals surface area contributed by atoms with Crippen molar-refractivity contribution < 1.29 is 27.8 Å². The lowest BCUT2D eigenvalue weighted by atomic mass is 9.99. The van der Waals surface area contributed by atoms with Crippen LogP contribution in [0.15, 0.2) is 36.4 Å². The van der Waals surface area contributed by atoms with Crippen LogP contribution in [0.1, 0.15) is 5.56 Å². The average molecular weight is 380 g/mol. The fraction of sp³-hybridized carbons (Fsp3) is 0.368. The first-order chi connectivity index (χ1) is 12.8. The Bertz CT molecular complexity index is 866. The van der Waals surface area contributed by atoms with Crippen molar-refractivity contribution in [2.75, 3.05) is 43.8 Å². The lowest BCUT2D eigenvalue weighted by Gasteiger charge is -2.39. The van der Waals surface area contributed by atoms with Crippen molar-refractivity contribution >= 4 is 11.4 Å². The van der Waals surface area contributed by atoms with Gasteiger partial charge in [0.15, 0.2) is 0 Å². The maximum Gasteiger partial charge on any atom is 0.416 e. The zero-order valence-corrected chi connectivity index (χ0v) is 14.6. The number of anilines is 2. The van der Waals surface area contributed by atoms with E-state index in [1.807, 2.05) is 17.0 Å². The van der Waals surface area contributed by atoms with E-state index in [9.17, 15) is 18.3 Å². The van der Waals surface area contributed by atoms with Gasteiger partial charge in [-0.2, -0.15) is 13.2 Å². The summed E-state index contributed by atoms with van der Waals surface area (Å²) < 4.78 is 49.7. The lowest BCUT2D eigenvalue weighted by Crippen LogP contribution is -2.57. The Morgan fingerprint density at radius 1 is 1.19 bits per heavy atom. The van der Waals surface area contributed by atoms with Gasteiger partial charge in [0.2, 0.25) is 0 Å². The number of methoxy groups -OCH3 is 1. The molecule has 2 N–H and O–H groups in total. The molecule has 0 amide bonds. The quantitative estimate of drug-likeness (QED) is 0.852. The molecule has 0 saturated carbocycles.